The molecular weight excluding hydrogens is 252 g/mol. The molecule has 0 spiro atoms. The maximum Gasteiger partial charge on any atom is 0.181 e. The molecule has 1 heterocycles. The minimum Gasteiger partial charge on any atom is -0.496 e. The fraction of sp³-hybridized carbons (Fsp3) is 0.438. The van der Waals surface area contributed by atoms with Gasteiger partial charge in [0.05, 0.1) is 7.11 Å². The Morgan fingerprint density at radius 2 is 2.05 bits per heavy atom. The van der Waals surface area contributed by atoms with E-state index in [2.05, 4.69) is 31.8 Å². The Hall–Kier alpha value is -1.81. The maximum absolute atomic E-state index is 5.60. The monoisotopic (exact) mass is 274 g/mol. The van der Waals surface area contributed by atoms with Crippen molar-refractivity contribution in [3.63, 3.8) is 0 Å². The van der Waals surface area contributed by atoms with Gasteiger partial charge in [0.15, 0.2) is 6.39 Å². The van der Waals surface area contributed by atoms with Gasteiger partial charge >= 0.3 is 0 Å². The van der Waals surface area contributed by atoms with Crippen LogP contribution >= 0.6 is 0 Å². The van der Waals surface area contributed by atoms with Crippen molar-refractivity contribution in [1.29, 1.82) is 0 Å². The highest BCUT2D eigenvalue weighted by Gasteiger charge is 2.21. The van der Waals surface area contributed by atoms with Crippen molar-refractivity contribution in [2.45, 2.75) is 32.6 Å². The van der Waals surface area contributed by atoms with Gasteiger partial charge in [-0.15, -0.1) is 0 Å². The summed E-state index contributed by atoms with van der Waals surface area (Å²) in [6, 6.07) is 6.11. The number of benzene rings is 1. The van der Waals surface area contributed by atoms with Gasteiger partial charge < -0.3 is 14.9 Å². The lowest BCUT2D eigenvalue weighted by Crippen LogP contribution is -2.13. The van der Waals surface area contributed by atoms with Gasteiger partial charge in [-0.2, -0.15) is 0 Å². The molecular formula is C16H22N2O2. The summed E-state index contributed by atoms with van der Waals surface area (Å²) in [4.78, 5) is 4.32. The van der Waals surface area contributed by atoms with E-state index in [4.69, 9.17) is 14.9 Å². The van der Waals surface area contributed by atoms with Gasteiger partial charge in [-0.3, -0.25) is 0 Å². The van der Waals surface area contributed by atoms with Crippen LogP contribution < -0.4 is 10.5 Å². The Morgan fingerprint density at radius 3 is 2.65 bits per heavy atom. The topological polar surface area (TPSA) is 61.3 Å². The minimum atomic E-state index is -0.000873. The van der Waals surface area contributed by atoms with Crippen molar-refractivity contribution in [2.75, 3.05) is 13.7 Å². The SMILES string of the molecule is COc1ccc(-c2ncoc2CCN)cc1C(C)(C)C. The third-order valence-electron chi connectivity index (χ3n) is 3.29. The van der Waals surface area contributed by atoms with Gasteiger partial charge in [-0.1, -0.05) is 20.8 Å². The molecule has 2 N–H and O–H groups in total. The second-order valence-electron chi connectivity index (χ2n) is 5.83. The first-order valence-electron chi connectivity index (χ1n) is 6.78. The molecule has 20 heavy (non-hydrogen) atoms. The molecule has 0 unspecified atom stereocenters. The van der Waals surface area contributed by atoms with E-state index in [-0.39, 0.29) is 5.41 Å². The molecule has 0 atom stereocenters. The molecule has 2 aromatic rings. The van der Waals surface area contributed by atoms with Crippen molar-refractivity contribution in [3.8, 4) is 17.0 Å². The van der Waals surface area contributed by atoms with Crippen molar-refractivity contribution in [3.05, 3.63) is 35.9 Å². The van der Waals surface area contributed by atoms with Crippen molar-refractivity contribution < 1.29 is 9.15 Å². The summed E-state index contributed by atoms with van der Waals surface area (Å²) >= 11 is 0. The summed E-state index contributed by atoms with van der Waals surface area (Å²) in [6.07, 6.45) is 2.16. The average molecular weight is 274 g/mol. The number of rotatable bonds is 4. The van der Waals surface area contributed by atoms with E-state index < -0.39 is 0 Å². The molecule has 0 saturated heterocycles. The minimum absolute atomic E-state index is 0.000873. The molecule has 2 rings (SSSR count). The number of oxazole rings is 1. The molecule has 0 aliphatic heterocycles. The summed E-state index contributed by atoms with van der Waals surface area (Å²) in [5.74, 6) is 1.72. The van der Waals surface area contributed by atoms with Crippen molar-refractivity contribution in [1.82, 2.24) is 4.98 Å². The van der Waals surface area contributed by atoms with E-state index >= 15 is 0 Å². The summed E-state index contributed by atoms with van der Waals surface area (Å²) in [5.41, 5.74) is 8.65. The number of hydrogen-bond acceptors (Lipinski definition) is 4. The van der Waals surface area contributed by atoms with E-state index in [1.807, 2.05) is 12.1 Å². The van der Waals surface area contributed by atoms with Gasteiger partial charge in [0.25, 0.3) is 0 Å². The normalized spacial score (nSPS) is 11.7. The van der Waals surface area contributed by atoms with Crippen LogP contribution in [0.2, 0.25) is 0 Å². The number of methoxy groups -OCH3 is 1. The number of nitrogens with zero attached hydrogens (tertiary/aromatic N) is 1. The summed E-state index contributed by atoms with van der Waals surface area (Å²) in [6.45, 7) is 7.04. The highest BCUT2D eigenvalue weighted by molar-refractivity contribution is 5.64. The Morgan fingerprint density at radius 1 is 1.30 bits per heavy atom. The largest absolute Gasteiger partial charge is 0.496 e. The molecule has 0 aliphatic rings. The number of ether oxygens (including phenoxy) is 1. The van der Waals surface area contributed by atoms with E-state index in [0.29, 0.717) is 13.0 Å². The molecule has 0 aliphatic carbocycles. The second kappa shape index (κ2) is 5.67. The predicted octanol–water partition coefficient (Wildman–Crippen LogP) is 3.15. The summed E-state index contributed by atoms with van der Waals surface area (Å²) in [5, 5.41) is 0. The fourth-order valence-electron chi connectivity index (χ4n) is 2.26. The van der Waals surface area contributed by atoms with Crippen LogP contribution in [0.3, 0.4) is 0 Å². The lowest BCUT2D eigenvalue weighted by Gasteiger charge is -2.22. The van der Waals surface area contributed by atoms with Crippen LogP contribution in [0, 0.1) is 0 Å². The van der Waals surface area contributed by atoms with Crippen molar-refractivity contribution >= 4 is 0 Å². The van der Waals surface area contributed by atoms with E-state index in [1.54, 1.807) is 7.11 Å². The van der Waals surface area contributed by atoms with Crippen molar-refractivity contribution in [2.24, 2.45) is 5.73 Å². The zero-order valence-corrected chi connectivity index (χ0v) is 12.6. The zero-order chi connectivity index (χ0) is 14.8. The van der Waals surface area contributed by atoms with E-state index in [0.717, 1.165) is 28.3 Å². The second-order valence-corrected chi connectivity index (χ2v) is 5.83. The predicted molar refractivity (Wildman–Crippen MR) is 79.9 cm³/mol. The molecule has 0 amide bonds. The number of nitrogens with two attached hydrogens (primary N) is 1. The standard InChI is InChI=1S/C16H22N2O2/c1-16(2,3)12-9-11(5-6-13(12)19-4)15-14(7-8-17)20-10-18-15/h5-6,9-10H,7-8,17H2,1-4H3. The van der Waals surface area contributed by atoms with Gasteiger partial charge in [0, 0.05) is 17.5 Å². The van der Waals surface area contributed by atoms with Crippen LogP contribution in [-0.4, -0.2) is 18.6 Å². The highest BCUT2D eigenvalue weighted by atomic mass is 16.5. The van der Waals surface area contributed by atoms with Gasteiger partial charge in [0.1, 0.15) is 17.2 Å². The van der Waals surface area contributed by atoms with E-state index in [9.17, 15) is 0 Å². The third kappa shape index (κ3) is 2.85. The summed E-state index contributed by atoms with van der Waals surface area (Å²) in [7, 11) is 1.69. The highest BCUT2D eigenvalue weighted by Crippen LogP contribution is 2.35. The third-order valence-corrected chi connectivity index (χ3v) is 3.29. The van der Waals surface area contributed by atoms with Crippen LogP contribution in [0.1, 0.15) is 32.1 Å². The number of aromatic nitrogens is 1. The first kappa shape index (κ1) is 14.6. The fourth-order valence-corrected chi connectivity index (χ4v) is 2.26. The van der Waals surface area contributed by atoms with E-state index in [1.165, 1.54) is 6.39 Å². The van der Waals surface area contributed by atoms with Crippen LogP contribution in [0.25, 0.3) is 11.3 Å². The lowest BCUT2D eigenvalue weighted by molar-refractivity contribution is 0.397. The average Bonchev–Trinajstić information content (AvgIpc) is 2.85. The smallest absolute Gasteiger partial charge is 0.181 e. The quantitative estimate of drug-likeness (QED) is 0.930. The Labute approximate surface area is 120 Å². The molecule has 1 aromatic carbocycles. The molecule has 4 nitrogen and oxygen atoms in total. The maximum atomic E-state index is 5.60. The number of hydrogen-bond donors (Lipinski definition) is 1. The van der Waals surface area contributed by atoms with Crippen LogP contribution in [0.5, 0.6) is 5.75 Å². The molecule has 4 heteroatoms. The first-order valence-corrected chi connectivity index (χ1v) is 6.78. The Balaban J connectivity index is 2.50. The van der Waals surface area contributed by atoms with Crippen LogP contribution in [0.15, 0.2) is 29.0 Å². The van der Waals surface area contributed by atoms with Gasteiger partial charge in [-0.25, -0.2) is 4.98 Å². The Kier molecular flexibility index (Phi) is 4.14. The summed E-state index contributed by atoms with van der Waals surface area (Å²) < 4.78 is 10.9. The van der Waals surface area contributed by atoms with Crippen LogP contribution in [0.4, 0.5) is 0 Å². The van der Waals surface area contributed by atoms with Crippen LogP contribution in [-0.2, 0) is 11.8 Å². The molecule has 1 aromatic heterocycles. The molecule has 0 radical (unpaired) electrons. The molecule has 0 bridgehead atoms. The van der Waals surface area contributed by atoms with Gasteiger partial charge in [-0.05, 0) is 30.2 Å². The first-order chi connectivity index (χ1) is 9.47. The van der Waals surface area contributed by atoms with Gasteiger partial charge in [0.2, 0.25) is 0 Å². The lowest BCUT2D eigenvalue weighted by atomic mass is 9.85. The molecule has 108 valence electrons. The zero-order valence-electron chi connectivity index (χ0n) is 12.6. The molecule has 0 saturated carbocycles. The Bertz CT molecular complexity index is 582. The molecule has 0 fully saturated rings.